The summed E-state index contributed by atoms with van der Waals surface area (Å²) in [6.07, 6.45) is 5.53. The summed E-state index contributed by atoms with van der Waals surface area (Å²) in [5.74, 6) is 0. The summed E-state index contributed by atoms with van der Waals surface area (Å²) in [4.78, 5) is 18.5. The SMILES string of the molecule is CC(C)(C)OC(=O)N1CCC(n2ccc3c(Br)ccnc32)CC1. The van der Waals surface area contributed by atoms with E-state index in [0.29, 0.717) is 19.1 Å². The maximum atomic E-state index is 12.1. The normalized spacial score (nSPS) is 16.8. The van der Waals surface area contributed by atoms with Crippen molar-refractivity contribution in [2.75, 3.05) is 13.1 Å². The Balaban J connectivity index is 1.69. The molecule has 1 saturated heterocycles. The number of aromatic nitrogens is 2. The molecule has 0 aromatic carbocycles. The van der Waals surface area contributed by atoms with Gasteiger partial charge in [0, 0.05) is 41.4 Å². The zero-order valence-electron chi connectivity index (χ0n) is 13.8. The molecule has 3 heterocycles. The number of fused-ring (bicyclic) bond motifs is 1. The summed E-state index contributed by atoms with van der Waals surface area (Å²) in [6.45, 7) is 7.12. The third-order valence-corrected chi connectivity index (χ3v) is 4.76. The lowest BCUT2D eigenvalue weighted by molar-refractivity contribution is 0.0189. The van der Waals surface area contributed by atoms with Crippen molar-refractivity contribution < 1.29 is 9.53 Å². The predicted octanol–water partition coefficient (Wildman–Crippen LogP) is 4.37. The molecule has 0 saturated carbocycles. The van der Waals surface area contributed by atoms with Gasteiger partial charge < -0.3 is 14.2 Å². The Morgan fingerprint density at radius 3 is 2.65 bits per heavy atom. The van der Waals surface area contributed by atoms with E-state index >= 15 is 0 Å². The monoisotopic (exact) mass is 379 g/mol. The minimum absolute atomic E-state index is 0.214. The van der Waals surface area contributed by atoms with Crippen LogP contribution in [0.15, 0.2) is 29.0 Å². The highest BCUT2D eigenvalue weighted by Crippen LogP contribution is 2.30. The van der Waals surface area contributed by atoms with Crippen molar-refractivity contribution in [1.82, 2.24) is 14.5 Å². The van der Waals surface area contributed by atoms with E-state index in [4.69, 9.17) is 4.74 Å². The number of amides is 1. The Morgan fingerprint density at radius 1 is 1.30 bits per heavy atom. The van der Waals surface area contributed by atoms with E-state index in [1.165, 1.54) is 0 Å². The number of piperidine rings is 1. The average molecular weight is 380 g/mol. The van der Waals surface area contributed by atoms with E-state index in [0.717, 1.165) is 28.3 Å². The predicted molar refractivity (Wildman–Crippen MR) is 93.5 cm³/mol. The highest BCUT2D eigenvalue weighted by Gasteiger charge is 2.28. The van der Waals surface area contributed by atoms with Crippen molar-refractivity contribution in [3.8, 4) is 0 Å². The van der Waals surface area contributed by atoms with Crippen molar-refractivity contribution in [3.63, 3.8) is 0 Å². The Bertz CT molecular complexity index is 712. The van der Waals surface area contributed by atoms with E-state index in [2.05, 4.69) is 37.7 Å². The van der Waals surface area contributed by atoms with Gasteiger partial charge in [-0.25, -0.2) is 9.78 Å². The van der Waals surface area contributed by atoms with E-state index in [9.17, 15) is 4.79 Å². The van der Waals surface area contributed by atoms with Crippen LogP contribution in [0.3, 0.4) is 0 Å². The summed E-state index contributed by atoms with van der Waals surface area (Å²) in [5, 5.41) is 1.13. The Kier molecular flexibility index (Phi) is 4.36. The second-order valence-electron chi connectivity index (χ2n) is 6.95. The molecular formula is C17H22BrN3O2. The molecule has 0 spiro atoms. The fourth-order valence-corrected chi connectivity index (χ4v) is 3.40. The highest BCUT2D eigenvalue weighted by molar-refractivity contribution is 9.10. The smallest absolute Gasteiger partial charge is 0.410 e. The molecular weight excluding hydrogens is 358 g/mol. The summed E-state index contributed by atoms with van der Waals surface area (Å²) >= 11 is 3.57. The van der Waals surface area contributed by atoms with Gasteiger partial charge in [0.25, 0.3) is 0 Å². The molecule has 0 N–H and O–H groups in total. The molecule has 2 aromatic rings. The molecule has 1 aliphatic heterocycles. The van der Waals surface area contributed by atoms with Gasteiger partial charge in [-0.1, -0.05) is 0 Å². The van der Waals surface area contributed by atoms with E-state index in [1.54, 1.807) is 4.90 Å². The third-order valence-electron chi connectivity index (χ3n) is 4.07. The molecule has 0 aliphatic carbocycles. The second-order valence-corrected chi connectivity index (χ2v) is 7.81. The number of hydrogen-bond acceptors (Lipinski definition) is 3. The van der Waals surface area contributed by atoms with Crippen LogP contribution in [-0.4, -0.2) is 39.2 Å². The van der Waals surface area contributed by atoms with Crippen molar-refractivity contribution in [2.45, 2.75) is 45.3 Å². The lowest BCUT2D eigenvalue weighted by Crippen LogP contribution is -2.42. The number of likely N-dealkylation sites (tertiary alicyclic amines) is 1. The molecule has 6 heteroatoms. The van der Waals surface area contributed by atoms with Crippen molar-refractivity contribution in [2.24, 2.45) is 0 Å². The van der Waals surface area contributed by atoms with Crippen LogP contribution in [0, 0.1) is 0 Å². The number of ether oxygens (including phenoxy) is 1. The third kappa shape index (κ3) is 3.52. The van der Waals surface area contributed by atoms with Gasteiger partial charge in [-0.05, 0) is 61.7 Å². The molecule has 3 rings (SSSR count). The molecule has 2 aromatic heterocycles. The van der Waals surface area contributed by atoms with E-state index in [1.807, 2.05) is 33.0 Å². The average Bonchev–Trinajstić information content (AvgIpc) is 2.91. The summed E-state index contributed by atoms with van der Waals surface area (Å²) in [6, 6.07) is 4.41. The lowest BCUT2D eigenvalue weighted by Gasteiger charge is -2.34. The molecule has 124 valence electrons. The van der Waals surface area contributed by atoms with Crippen LogP contribution in [-0.2, 0) is 4.74 Å². The largest absolute Gasteiger partial charge is 0.444 e. The van der Waals surface area contributed by atoms with Crippen LogP contribution in [0.4, 0.5) is 4.79 Å². The summed E-state index contributed by atoms with van der Waals surface area (Å²) in [7, 11) is 0. The van der Waals surface area contributed by atoms with Crippen molar-refractivity contribution in [1.29, 1.82) is 0 Å². The van der Waals surface area contributed by atoms with Crippen molar-refractivity contribution >= 4 is 33.1 Å². The number of nitrogens with zero attached hydrogens (tertiary/aromatic N) is 3. The quantitative estimate of drug-likeness (QED) is 0.738. The highest BCUT2D eigenvalue weighted by atomic mass is 79.9. The first-order valence-electron chi connectivity index (χ1n) is 7.94. The lowest BCUT2D eigenvalue weighted by atomic mass is 10.1. The van der Waals surface area contributed by atoms with Crippen LogP contribution in [0.5, 0.6) is 0 Å². The van der Waals surface area contributed by atoms with Crippen LogP contribution in [0.1, 0.15) is 39.7 Å². The first-order valence-corrected chi connectivity index (χ1v) is 8.73. The molecule has 1 amide bonds. The zero-order chi connectivity index (χ0) is 16.6. The molecule has 0 unspecified atom stereocenters. The fourth-order valence-electron chi connectivity index (χ4n) is 2.97. The number of carbonyl (C=O) groups is 1. The molecule has 1 fully saturated rings. The minimum atomic E-state index is -0.444. The first-order chi connectivity index (χ1) is 10.8. The maximum Gasteiger partial charge on any atom is 0.410 e. The maximum absolute atomic E-state index is 12.1. The Morgan fingerprint density at radius 2 is 2.00 bits per heavy atom. The van der Waals surface area contributed by atoms with E-state index < -0.39 is 5.60 Å². The van der Waals surface area contributed by atoms with Gasteiger partial charge >= 0.3 is 6.09 Å². The Hall–Kier alpha value is -1.56. The number of carbonyl (C=O) groups excluding carboxylic acids is 1. The van der Waals surface area contributed by atoms with Gasteiger partial charge in [0.1, 0.15) is 11.2 Å². The fraction of sp³-hybridized carbons (Fsp3) is 0.529. The van der Waals surface area contributed by atoms with Gasteiger partial charge in [-0.15, -0.1) is 0 Å². The minimum Gasteiger partial charge on any atom is -0.444 e. The molecule has 1 aliphatic rings. The summed E-state index contributed by atoms with van der Waals surface area (Å²) < 4.78 is 8.74. The number of hydrogen-bond donors (Lipinski definition) is 0. The standard InChI is InChI=1S/C17H22BrN3O2/c1-17(2,3)23-16(22)20-9-5-12(6-10-20)21-11-7-13-14(18)4-8-19-15(13)21/h4,7-8,11-12H,5-6,9-10H2,1-3H3. The van der Waals surface area contributed by atoms with Gasteiger partial charge in [0.05, 0.1) is 0 Å². The molecule has 0 radical (unpaired) electrons. The van der Waals surface area contributed by atoms with Crippen molar-refractivity contribution in [3.05, 3.63) is 29.0 Å². The van der Waals surface area contributed by atoms with Crippen LogP contribution in [0.25, 0.3) is 11.0 Å². The first kappa shape index (κ1) is 16.3. The van der Waals surface area contributed by atoms with Gasteiger partial charge in [-0.3, -0.25) is 0 Å². The number of pyridine rings is 1. The molecule has 0 atom stereocenters. The Labute approximate surface area is 144 Å². The number of halogens is 1. The van der Waals surface area contributed by atoms with Gasteiger partial charge in [-0.2, -0.15) is 0 Å². The van der Waals surface area contributed by atoms with Gasteiger partial charge in [0.15, 0.2) is 0 Å². The van der Waals surface area contributed by atoms with Crippen LogP contribution < -0.4 is 0 Å². The van der Waals surface area contributed by atoms with Crippen LogP contribution >= 0.6 is 15.9 Å². The molecule has 5 nitrogen and oxygen atoms in total. The topological polar surface area (TPSA) is 47.4 Å². The van der Waals surface area contributed by atoms with E-state index in [-0.39, 0.29) is 6.09 Å². The second kappa shape index (κ2) is 6.15. The van der Waals surface area contributed by atoms with Crippen LogP contribution in [0.2, 0.25) is 0 Å². The van der Waals surface area contributed by atoms with Gasteiger partial charge in [0.2, 0.25) is 0 Å². The molecule has 23 heavy (non-hydrogen) atoms. The zero-order valence-corrected chi connectivity index (χ0v) is 15.3. The number of rotatable bonds is 1. The molecule has 0 bridgehead atoms. The summed E-state index contributed by atoms with van der Waals surface area (Å²) in [5.41, 5.74) is 0.552.